The van der Waals surface area contributed by atoms with E-state index < -0.39 is 10.8 Å². The highest BCUT2D eigenvalue weighted by atomic mass is 32.2. The van der Waals surface area contributed by atoms with Crippen LogP contribution in [0.5, 0.6) is 0 Å². The summed E-state index contributed by atoms with van der Waals surface area (Å²) in [6, 6.07) is 10.6. The molecule has 3 rings (SSSR count). The maximum absolute atomic E-state index is 11.3. The molecule has 1 saturated heterocycles. The van der Waals surface area contributed by atoms with E-state index in [1.807, 2.05) is 24.4 Å². The van der Waals surface area contributed by atoms with E-state index in [4.69, 9.17) is 0 Å². The number of anilines is 1. The Kier molecular flexibility index (Phi) is 3.28. The van der Waals surface area contributed by atoms with Crippen molar-refractivity contribution in [2.24, 2.45) is 0 Å². The van der Waals surface area contributed by atoms with Gasteiger partial charge in [-0.3, -0.25) is 9.19 Å². The van der Waals surface area contributed by atoms with Crippen molar-refractivity contribution < 1.29 is 4.21 Å². The molecule has 1 aromatic heterocycles. The molecular weight excluding hydrogens is 244 g/mol. The Hall–Kier alpha value is -1.42. The fourth-order valence-electron chi connectivity index (χ4n) is 2.39. The predicted molar refractivity (Wildman–Crippen MR) is 76.3 cm³/mol. The van der Waals surface area contributed by atoms with Crippen LogP contribution in [0.3, 0.4) is 0 Å². The highest BCUT2D eigenvalue weighted by Gasteiger charge is 2.18. The Morgan fingerprint density at radius 3 is 2.83 bits per heavy atom. The zero-order valence-corrected chi connectivity index (χ0v) is 11.0. The van der Waals surface area contributed by atoms with Gasteiger partial charge in [0, 0.05) is 45.6 Å². The highest BCUT2D eigenvalue weighted by molar-refractivity contribution is 7.85. The zero-order chi connectivity index (χ0) is 12.4. The van der Waals surface area contributed by atoms with E-state index in [9.17, 15) is 4.21 Å². The second kappa shape index (κ2) is 5.06. The van der Waals surface area contributed by atoms with Crippen molar-refractivity contribution in [1.29, 1.82) is 0 Å². The molecule has 1 aliphatic rings. The lowest BCUT2D eigenvalue weighted by molar-refractivity contribution is 0.624. The predicted octanol–water partition coefficient (Wildman–Crippen LogP) is 2.56. The number of rotatable bonds is 2. The lowest BCUT2D eigenvalue weighted by atomic mass is 10.1. The third-order valence-corrected chi connectivity index (χ3v) is 4.78. The number of pyridine rings is 1. The van der Waals surface area contributed by atoms with Crippen molar-refractivity contribution in [3.05, 3.63) is 36.5 Å². The second-order valence-electron chi connectivity index (χ2n) is 4.64. The molecule has 2 heterocycles. The van der Waals surface area contributed by atoms with Crippen LogP contribution in [-0.4, -0.2) is 26.7 Å². The number of nitrogens with zero attached hydrogens (tertiary/aromatic N) is 1. The maximum Gasteiger partial charge on any atom is 0.0722 e. The van der Waals surface area contributed by atoms with Gasteiger partial charge in [-0.2, -0.15) is 0 Å². The molecule has 2 aromatic rings. The molecule has 0 bridgehead atoms. The highest BCUT2D eigenvalue weighted by Crippen LogP contribution is 2.24. The standard InChI is InChI=1S/C14H16N2OS/c17-18-9-6-11(7-10-18)16-14-5-1-4-13-12(14)3-2-8-15-13/h1-5,8,11,16H,6-7,9-10H2. The van der Waals surface area contributed by atoms with Crippen LogP contribution < -0.4 is 5.32 Å². The van der Waals surface area contributed by atoms with Gasteiger partial charge in [-0.05, 0) is 37.1 Å². The molecule has 4 heteroatoms. The maximum atomic E-state index is 11.3. The molecule has 0 amide bonds. The topological polar surface area (TPSA) is 42.0 Å². The lowest BCUT2D eigenvalue weighted by Gasteiger charge is -2.24. The van der Waals surface area contributed by atoms with Gasteiger partial charge in [0.05, 0.1) is 5.52 Å². The summed E-state index contributed by atoms with van der Waals surface area (Å²) in [5, 5.41) is 4.73. The lowest BCUT2D eigenvalue weighted by Crippen LogP contribution is -2.29. The molecule has 0 aliphatic carbocycles. The van der Waals surface area contributed by atoms with Gasteiger partial charge < -0.3 is 5.32 Å². The summed E-state index contributed by atoms with van der Waals surface area (Å²) in [6.07, 6.45) is 3.79. The first-order chi connectivity index (χ1) is 8.83. The number of fused-ring (bicyclic) bond motifs is 1. The molecule has 0 saturated carbocycles. The molecule has 3 nitrogen and oxygen atoms in total. The van der Waals surface area contributed by atoms with Gasteiger partial charge in [-0.15, -0.1) is 0 Å². The van der Waals surface area contributed by atoms with E-state index >= 15 is 0 Å². The van der Waals surface area contributed by atoms with Crippen LogP contribution >= 0.6 is 0 Å². The summed E-state index contributed by atoms with van der Waals surface area (Å²) in [4.78, 5) is 4.36. The van der Waals surface area contributed by atoms with E-state index in [0.717, 1.165) is 40.9 Å². The van der Waals surface area contributed by atoms with Crippen molar-refractivity contribution in [2.75, 3.05) is 16.8 Å². The fourth-order valence-corrected chi connectivity index (χ4v) is 3.69. The van der Waals surface area contributed by atoms with Crippen LogP contribution in [0.25, 0.3) is 10.9 Å². The minimum absolute atomic E-state index is 0.438. The van der Waals surface area contributed by atoms with E-state index in [0.29, 0.717) is 6.04 Å². The van der Waals surface area contributed by atoms with E-state index in [1.54, 1.807) is 0 Å². The Morgan fingerprint density at radius 1 is 1.17 bits per heavy atom. The molecule has 0 radical (unpaired) electrons. The number of nitrogens with one attached hydrogen (secondary N) is 1. The first-order valence-corrected chi connectivity index (χ1v) is 7.77. The largest absolute Gasteiger partial charge is 0.382 e. The van der Waals surface area contributed by atoms with E-state index in [-0.39, 0.29) is 0 Å². The normalized spacial score (nSPS) is 24.0. The van der Waals surface area contributed by atoms with E-state index in [1.165, 1.54) is 0 Å². The van der Waals surface area contributed by atoms with E-state index in [2.05, 4.69) is 22.4 Å². The minimum atomic E-state index is -0.598. The molecule has 1 aliphatic heterocycles. The molecule has 94 valence electrons. The Morgan fingerprint density at radius 2 is 2.00 bits per heavy atom. The van der Waals surface area contributed by atoms with Gasteiger partial charge in [0.1, 0.15) is 0 Å². The first-order valence-electron chi connectivity index (χ1n) is 6.28. The van der Waals surface area contributed by atoms with Gasteiger partial charge in [-0.25, -0.2) is 0 Å². The van der Waals surface area contributed by atoms with Crippen LogP contribution in [-0.2, 0) is 10.8 Å². The van der Waals surface area contributed by atoms with Crippen molar-refractivity contribution in [3.63, 3.8) is 0 Å². The van der Waals surface area contributed by atoms with Crippen molar-refractivity contribution in [1.82, 2.24) is 4.98 Å². The number of hydrogen-bond acceptors (Lipinski definition) is 3. The van der Waals surface area contributed by atoms with Gasteiger partial charge in [0.15, 0.2) is 0 Å². The molecule has 1 N–H and O–H groups in total. The monoisotopic (exact) mass is 260 g/mol. The Balaban J connectivity index is 1.84. The summed E-state index contributed by atoms with van der Waals surface area (Å²) in [6.45, 7) is 0. The fraction of sp³-hybridized carbons (Fsp3) is 0.357. The first kappa shape index (κ1) is 11.7. The molecule has 0 unspecified atom stereocenters. The summed E-state index contributed by atoms with van der Waals surface area (Å²) in [5.74, 6) is 1.64. The number of aromatic nitrogens is 1. The smallest absolute Gasteiger partial charge is 0.0722 e. The van der Waals surface area contributed by atoms with Gasteiger partial charge >= 0.3 is 0 Å². The third kappa shape index (κ3) is 2.38. The molecular formula is C14H16N2OS. The van der Waals surface area contributed by atoms with Gasteiger partial charge in [0.25, 0.3) is 0 Å². The molecule has 1 aromatic carbocycles. The second-order valence-corrected chi connectivity index (χ2v) is 6.34. The summed E-state index contributed by atoms with van der Waals surface area (Å²) in [7, 11) is -0.598. The molecule has 18 heavy (non-hydrogen) atoms. The molecule has 0 atom stereocenters. The third-order valence-electron chi connectivity index (χ3n) is 3.39. The summed E-state index contributed by atoms with van der Waals surface area (Å²) in [5.41, 5.74) is 2.15. The average molecular weight is 260 g/mol. The average Bonchev–Trinajstić information content (AvgIpc) is 2.42. The quantitative estimate of drug-likeness (QED) is 0.902. The van der Waals surface area contributed by atoms with Crippen molar-refractivity contribution >= 4 is 27.4 Å². The van der Waals surface area contributed by atoms with Gasteiger partial charge in [0.2, 0.25) is 0 Å². The minimum Gasteiger partial charge on any atom is -0.382 e. The van der Waals surface area contributed by atoms with Crippen LogP contribution in [0.4, 0.5) is 5.69 Å². The molecule has 1 fully saturated rings. The number of benzene rings is 1. The summed E-state index contributed by atoms with van der Waals surface area (Å²) < 4.78 is 11.3. The number of hydrogen-bond donors (Lipinski definition) is 1. The van der Waals surface area contributed by atoms with Crippen LogP contribution in [0.1, 0.15) is 12.8 Å². The van der Waals surface area contributed by atoms with Crippen LogP contribution in [0, 0.1) is 0 Å². The Bertz CT molecular complexity index is 570. The van der Waals surface area contributed by atoms with Gasteiger partial charge in [-0.1, -0.05) is 6.07 Å². The van der Waals surface area contributed by atoms with Crippen molar-refractivity contribution in [3.8, 4) is 0 Å². The Labute approximate surface area is 109 Å². The van der Waals surface area contributed by atoms with Crippen LogP contribution in [0.15, 0.2) is 36.5 Å². The molecule has 0 spiro atoms. The SMILES string of the molecule is O=S1CCC(Nc2cccc3ncccc23)CC1. The van der Waals surface area contributed by atoms with Crippen molar-refractivity contribution in [2.45, 2.75) is 18.9 Å². The zero-order valence-electron chi connectivity index (χ0n) is 10.1. The summed E-state index contributed by atoms with van der Waals surface area (Å²) >= 11 is 0. The van der Waals surface area contributed by atoms with Crippen LogP contribution in [0.2, 0.25) is 0 Å².